The molecule has 0 radical (unpaired) electrons. The smallest absolute Gasteiger partial charge is 0.161 e. The molecule has 0 saturated carbocycles. The van der Waals surface area contributed by atoms with Crippen LogP contribution in [0.15, 0.2) is 30.4 Å². The summed E-state index contributed by atoms with van der Waals surface area (Å²) in [6.45, 7) is 13.0. The van der Waals surface area contributed by atoms with E-state index >= 15 is 0 Å². The number of methoxy groups -OCH3 is 1. The molecule has 0 aromatic heterocycles. The maximum atomic E-state index is 5.62. The summed E-state index contributed by atoms with van der Waals surface area (Å²) < 4.78 is 11.1. The highest BCUT2D eigenvalue weighted by Gasteiger charge is 2.23. The minimum Gasteiger partial charge on any atom is -0.493 e. The van der Waals surface area contributed by atoms with Crippen molar-refractivity contribution in [1.29, 1.82) is 0 Å². The second-order valence-corrected chi connectivity index (χ2v) is 5.81. The molecular weight excluding hydrogens is 276 g/mol. The molecule has 0 spiro atoms. The third-order valence-corrected chi connectivity index (χ3v) is 4.01. The zero-order valence-corrected chi connectivity index (χ0v) is 14.0. The van der Waals surface area contributed by atoms with Gasteiger partial charge >= 0.3 is 0 Å². The molecular formula is C18H28N2O2. The van der Waals surface area contributed by atoms with Gasteiger partial charge in [0.1, 0.15) is 0 Å². The molecule has 2 rings (SSSR count). The molecule has 1 atom stereocenters. The van der Waals surface area contributed by atoms with Gasteiger partial charge < -0.3 is 14.8 Å². The minimum atomic E-state index is 0.351. The predicted molar refractivity (Wildman–Crippen MR) is 90.8 cm³/mol. The highest BCUT2D eigenvalue weighted by atomic mass is 16.5. The number of piperazine rings is 1. The summed E-state index contributed by atoms with van der Waals surface area (Å²) in [5.41, 5.74) is 2.47. The SMILES string of the molecule is C=C(C)C[C@H](c1ccc(OCC)c(OC)c1)N1CCNCC1. The van der Waals surface area contributed by atoms with Crippen LogP contribution in [0.5, 0.6) is 11.5 Å². The summed E-state index contributed by atoms with van der Waals surface area (Å²) in [5, 5.41) is 3.41. The standard InChI is InChI=1S/C18H28N2O2/c1-5-22-17-7-6-15(13-18(17)21-4)16(12-14(2)3)20-10-8-19-9-11-20/h6-7,13,16,19H,2,5,8-12H2,1,3-4H3/t16-/m1/s1. The Morgan fingerprint density at radius 2 is 2.05 bits per heavy atom. The number of rotatable bonds is 7. The van der Waals surface area contributed by atoms with Crippen LogP contribution in [-0.2, 0) is 0 Å². The first-order chi connectivity index (χ1) is 10.7. The van der Waals surface area contributed by atoms with Crippen LogP contribution in [0.1, 0.15) is 31.9 Å². The van der Waals surface area contributed by atoms with Gasteiger partial charge in [0.05, 0.1) is 13.7 Å². The monoisotopic (exact) mass is 304 g/mol. The van der Waals surface area contributed by atoms with Gasteiger partial charge in [-0.3, -0.25) is 4.90 Å². The normalized spacial score (nSPS) is 17.0. The van der Waals surface area contributed by atoms with Crippen molar-refractivity contribution in [2.75, 3.05) is 39.9 Å². The molecule has 1 fully saturated rings. The summed E-state index contributed by atoms with van der Waals surface area (Å²) in [5.74, 6) is 1.62. The number of nitrogens with zero attached hydrogens (tertiary/aromatic N) is 1. The van der Waals surface area contributed by atoms with E-state index in [0.29, 0.717) is 12.6 Å². The number of ether oxygens (including phenoxy) is 2. The van der Waals surface area contributed by atoms with Crippen LogP contribution >= 0.6 is 0 Å². The Morgan fingerprint density at radius 3 is 2.64 bits per heavy atom. The Kier molecular flexibility index (Phi) is 6.28. The van der Waals surface area contributed by atoms with Crippen LogP contribution in [0.25, 0.3) is 0 Å². The molecule has 0 amide bonds. The highest BCUT2D eigenvalue weighted by Crippen LogP contribution is 2.34. The van der Waals surface area contributed by atoms with Crippen molar-refractivity contribution >= 4 is 0 Å². The Labute approximate surface area is 134 Å². The van der Waals surface area contributed by atoms with Gasteiger partial charge in [-0.15, -0.1) is 6.58 Å². The van der Waals surface area contributed by atoms with E-state index in [0.717, 1.165) is 44.1 Å². The summed E-state index contributed by atoms with van der Waals surface area (Å²) in [7, 11) is 1.69. The van der Waals surface area contributed by atoms with E-state index in [-0.39, 0.29) is 0 Å². The maximum Gasteiger partial charge on any atom is 0.161 e. The molecule has 122 valence electrons. The Balaban J connectivity index is 2.27. The van der Waals surface area contributed by atoms with Gasteiger partial charge in [0.2, 0.25) is 0 Å². The zero-order valence-electron chi connectivity index (χ0n) is 14.0. The largest absolute Gasteiger partial charge is 0.493 e. The van der Waals surface area contributed by atoms with Crippen LogP contribution in [-0.4, -0.2) is 44.8 Å². The van der Waals surface area contributed by atoms with Crippen molar-refractivity contribution in [2.45, 2.75) is 26.3 Å². The maximum absolute atomic E-state index is 5.62. The molecule has 0 aliphatic carbocycles. The number of hydrogen-bond donors (Lipinski definition) is 1. The second-order valence-electron chi connectivity index (χ2n) is 5.81. The zero-order chi connectivity index (χ0) is 15.9. The lowest BCUT2D eigenvalue weighted by molar-refractivity contribution is 0.172. The molecule has 1 N–H and O–H groups in total. The molecule has 22 heavy (non-hydrogen) atoms. The lowest BCUT2D eigenvalue weighted by Crippen LogP contribution is -2.45. The fraction of sp³-hybridized carbons (Fsp3) is 0.556. The molecule has 1 saturated heterocycles. The number of nitrogens with one attached hydrogen (secondary N) is 1. The summed E-state index contributed by atoms with van der Waals surface area (Å²) in [6.07, 6.45) is 0.969. The first-order valence-corrected chi connectivity index (χ1v) is 8.05. The van der Waals surface area contributed by atoms with Crippen molar-refractivity contribution in [3.05, 3.63) is 35.9 Å². The van der Waals surface area contributed by atoms with Gasteiger partial charge in [0, 0.05) is 32.2 Å². The molecule has 0 unspecified atom stereocenters. The van der Waals surface area contributed by atoms with E-state index in [9.17, 15) is 0 Å². The molecule has 1 aliphatic rings. The van der Waals surface area contributed by atoms with E-state index < -0.39 is 0 Å². The lowest BCUT2D eigenvalue weighted by Gasteiger charge is -2.35. The van der Waals surface area contributed by atoms with Crippen LogP contribution in [0.4, 0.5) is 0 Å². The van der Waals surface area contributed by atoms with E-state index in [1.807, 2.05) is 13.0 Å². The van der Waals surface area contributed by atoms with E-state index in [4.69, 9.17) is 9.47 Å². The fourth-order valence-electron chi connectivity index (χ4n) is 2.95. The van der Waals surface area contributed by atoms with Crippen LogP contribution in [0.3, 0.4) is 0 Å². The fourth-order valence-corrected chi connectivity index (χ4v) is 2.95. The average molecular weight is 304 g/mol. The highest BCUT2D eigenvalue weighted by molar-refractivity contribution is 5.44. The third kappa shape index (κ3) is 4.24. The first kappa shape index (κ1) is 16.8. The summed E-state index contributed by atoms with van der Waals surface area (Å²) in [6, 6.07) is 6.64. The molecule has 1 aliphatic heterocycles. The number of hydrogen-bond acceptors (Lipinski definition) is 4. The molecule has 1 heterocycles. The van der Waals surface area contributed by atoms with Gasteiger partial charge in [0.25, 0.3) is 0 Å². The topological polar surface area (TPSA) is 33.7 Å². The van der Waals surface area contributed by atoms with Crippen molar-refractivity contribution in [3.8, 4) is 11.5 Å². The van der Waals surface area contributed by atoms with Crippen LogP contribution in [0, 0.1) is 0 Å². The van der Waals surface area contributed by atoms with Crippen LogP contribution < -0.4 is 14.8 Å². The van der Waals surface area contributed by atoms with Gasteiger partial charge in [-0.2, -0.15) is 0 Å². The van der Waals surface area contributed by atoms with Gasteiger partial charge in [-0.25, -0.2) is 0 Å². The predicted octanol–water partition coefficient (Wildman–Crippen LogP) is 3.01. The van der Waals surface area contributed by atoms with E-state index in [1.54, 1.807) is 7.11 Å². The average Bonchev–Trinajstić information content (AvgIpc) is 2.54. The quantitative estimate of drug-likeness (QED) is 0.785. The van der Waals surface area contributed by atoms with Crippen LogP contribution in [0.2, 0.25) is 0 Å². The first-order valence-electron chi connectivity index (χ1n) is 8.05. The lowest BCUT2D eigenvalue weighted by atomic mass is 9.97. The Bertz CT molecular complexity index is 496. The van der Waals surface area contributed by atoms with Gasteiger partial charge in [0.15, 0.2) is 11.5 Å². The third-order valence-electron chi connectivity index (χ3n) is 4.01. The summed E-state index contributed by atoms with van der Waals surface area (Å²) in [4.78, 5) is 2.53. The molecule has 4 nitrogen and oxygen atoms in total. The Morgan fingerprint density at radius 1 is 1.32 bits per heavy atom. The van der Waals surface area contributed by atoms with Gasteiger partial charge in [-0.1, -0.05) is 11.6 Å². The molecule has 1 aromatic rings. The minimum absolute atomic E-state index is 0.351. The molecule has 1 aromatic carbocycles. The number of benzene rings is 1. The van der Waals surface area contributed by atoms with E-state index in [2.05, 4.69) is 35.9 Å². The van der Waals surface area contributed by atoms with Crippen molar-refractivity contribution in [2.24, 2.45) is 0 Å². The van der Waals surface area contributed by atoms with Gasteiger partial charge in [-0.05, 0) is 38.0 Å². The van der Waals surface area contributed by atoms with Crippen molar-refractivity contribution < 1.29 is 9.47 Å². The van der Waals surface area contributed by atoms with Crippen molar-refractivity contribution in [3.63, 3.8) is 0 Å². The summed E-state index contributed by atoms with van der Waals surface area (Å²) >= 11 is 0. The second kappa shape index (κ2) is 8.20. The van der Waals surface area contributed by atoms with E-state index in [1.165, 1.54) is 11.1 Å². The Hall–Kier alpha value is -1.52. The molecule has 0 bridgehead atoms. The molecule has 4 heteroatoms. The van der Waals surface area contributed by atoms with Crippen molar-refractivity contribution in [1.82, 2.24) is 10.2 Å².